The van der Waals surface area contributed by atoms with Crippen LogP contribution in [-0.2, 0) is 11.2 Å². The van der Waals surface area contributed by atoms with Gasteiger partial charge in [0, 0.05) is 16.5 Å². The molecule has 0 radical (unpaired) electrons. The van der Waals surface area contributed by atoms with E-state index in [-0.39, 0.29) is 17.6 Å². The molecular formula is C19H18ClNO2. The Kier molecular flexibility index (Phi) is 4.77. The molecule has 3 nitrogen and oxygen atoms in total. The molecule has 1 aliphatic rings. The van der Waals surface area contributed by atoms with E-state index in [4.69, 9.17) is 11.6 Å². The van der Waals surface area contributed by atoms with E-state index >= 15 is 0 Å². The molecule has 4 heteroatoms. The van der Waals surface area contributed by atoms with Crippen LogP contribution in [0.15, 0.2) is 54.6 Å². The SMILES string of the molecule is O=C(NC(Cc1ccc(Cl)cc1)C(=O)C1CC1)c1ccccc1. The van der Waals surface area contributed by atoms with E-state index in [2.05, 4.69) is 5.32 Å². The molecule has 0 aromatic heterocycles. The largest absolute Gasteiger partial charge is 0.342 e. The number of carbonyl (C=O) groups excluding carboxylic acids is 2. The first-order valence-electron chi connectivity index (χ1n) is 7.77. The van der Waals surface area contributed by atoms with Crippen LogP contribution in [-0.4, -0.2) is 17.7 Å². The highest BCUT2D eigenvalue weighted by Gasteiger charge is 2.35. The van der Waals surface area contributed by atoms with Crippen LogP contribution >= 0.6 is 11.6 Å². The standard InChI is InChI=1S/C19H18ClNO2/c20-16-10-6-13(7-11-16)12-17(18(22)14-8-9-14)21-19(23)15-4-2-1-3-5-15/h1-7,10-11,14,17H,8-9,12H2,(H,21,23). The zero-order valence-corrected chi connectivity index (χ0v) is 13.4. The third-order valence-electron chi connectivity index (χ3n) is 4.02. The maximum absolute atomic E-state index is 12.5. The van der Waals surface area contributed by atoms with Gasteiger partial charge in [-0.1, -0.05) is 41.9 Å². The van der Waals surface area contributed by atoms with Gasteiger partial charge in [-0.2, -0.15) is 0 Å². The third-order valence-corrected chi connectivity index (χ3v) is 4.27. The van der Waals surface area contributed by atoms with Crippen LogP contribution < -0.4 is 5.32 Å². The molecule has 1 unspecified atom stereocenters. The summed E-state index contributed by atoms with van der Waals surface area (Å²) >= 11 is 5.90. The van der Waals surface area contributed by atoms with Gasteiger partial charge in [0.05, 0.1) is 6.04 Å². The fourth-order valence-corrected chi connectivity index (χ4v) is 2.69. The van der Waals surface area contributed by atoms with Gasteiger partial charge in [0.15, 0.2) is 5.78 Å². The zero-order valence-electron chi connectivity index (χ0n) is 12.7. The number of ketones is 1. The van der Waals surface area contributed by atoms with Gasteiger partial charge in [-0.3, -0.25) is 9.59 Å². The van der Waals surface area contributed by atoms with Gasteiger partial charge in [-0.15, -0.1) is 0 Å². The summed E-state index contributed by atoms with van der Waals surface area (Å²) < 4.78 is 0. The highest BCUT2D eigenvalue weighted by atomic mass is 35.5. The number of Topliss-reactive ketones (excluding diaryl/α,β-unsaturated/α-hetero) is 1. The molecule has 1 amide bonds. The van der Waals surface area contributed by atoms with E-state index < -0.39 is 6.04 Å². The zero-order chi connectivity index (χ0) is 16.2. The first-order chi connectivity index (χ1) is 11.1. The molecule has 0 saturated heterocycles. The summed E-state index contributed by atoms with van der Waals surface area (Å²) in [5, 5.41) is 3.56. The maximum Gasteiger partial charge on any atom is 0.251 e. The Morgan fingerprint density at radius 3 is 2.30 bits per heavy atom. The molecule has 1 aliphatic carbocycles. The minimum absolute atomic E-state index is 0.100. The molecule has 3 rings (SSSR count). The van der Waals surface area contributed by atoms with Crippen LogP contribution in [0, 0.1) is 5.92 Å². The summed E-state index contributed by atoms with van der Waals surface area (Å²) in [4.78, 5) is 24.9. The van der Waals surface area contributed by atoms with Gasteiger partial charge < -0.3 is 5.32 Å². The fraction of sp³-hybridized carbons (Fsp3) is 0.263. The molecule has 2 aromatic rings. The summed E-state index contributed by atoms with van der Waals surface area (Å²) in [6.07, 6.45) is 2.35. The van der Waals surface area contributed by atoms with Gasteiger partial charge in [-0.05, 0) is 49.1 Å². The summed E-state index contributed by atoms with van der Waals surface area (Å²) in [5.74, 6) is 0.0196. The lowest BCUT2D eigenvalue weighted by atomic mass is 9.99. The van der Waals surface area contributed by atoms with E-state index in [0.717, 1.165) is 18.4 Å². The summed E-state index contributed by atoms with van der Waals surface area (Å²) in [6, 6.07) is 15.9. The second-order valence-electron chi connectivity index (χ2n) is 5.90. The van der Waals surface area contributed by atoms with Gasteiger partial charge in [0.2, 0.25) is 0 Å². The molecule has 118 valence electrons. The molecule has 23 heavy (non-hydrogen) atoms. The lowest BCUT2D eigenvalue weighted by Crippen LogP contribution is -2.43. The second-order valence-corrected chi connectivity index (χ2v) is 6.34. The molecule has 1 fully saturated rings. The topological polar surface area (TPSA) is 46.2 Å². The molecule has 0 aliphatic heterocycles. The molecular weight excluding hydrogens is 310 g/mol. The van der Waals surface area contributed by atoms with Crippen LogP contribution in [0.4, 0.5) is 0 Å². The fourth-order valence-electron chi connectivity index (χ4n) is 2.56. The van der Waals surface area contributed by atoms with Gasteiger partial charge in [0.1, 0.15) is 0 Å². The van der Waals surface area contributed by atoms with E-state index in [0.29, 0.717) is 17.0 Å². The number of hydrogen-bond donors (Lipinski definition) is 1. The van der Waals surface area contributed by atoms with Crippen LogP contribution in [0.2, 0.25) is 5.02 Å². The Morgan fingerprint density at radius 2 is 1.70 bits per heavy atom. The number of hydrogen-bond acceptors (Lipinski definition) is 2. The average molecular weight is 328 g/mol. The lowest BCUT2D eigenvalue weighted by molar-refractivity contribution is -0.122. The smallest absolute Gasteiger partial charge is 0.251 e. The first-order valence-corrected chi connectivity index (χ1v) is 8.15. The van der Waals surface area contributed by atoms with Crippen molar-refractivity contribution in [3.05, 3.63) is 70.7 Å². The van der Waals surface area contributed by atoms with Crippen molar-refractivity contribution in [1.29, 1.82) is 0 Å². The van der Waals surface area contributed by atoms with Crippen molar-refractivity contribution >= 4 is 23.3 Å². The summed E-state index contributed by atoms with van der Waals surface area (Å²) in [6.45, 7) is 0. The number of nitrogens with one attached hydrogen (secondary N) is 1. The van der Waals surface area contributed by atoms with Gasteiger partial charge >= 0.3 is 0 Å². The maximum atomic E-state index is 12.5. The van der Waals surface area contributed by atoms with Crippen LogP contribution in [0.5, 0.6) is 0 Å². The molecule has 1 atom stereocenters. The predicted molar refractivity (Wildman–Crippen MR) is 90.6 cm³/mol. The van der Waals surface area contributed by atoms with E-state index in [1.807, 2.05) is 30.3 Å². The highest BCUT2D eigenvalue weighted by molar-refractivity contribution is 6.30. The van der Waals surface area contributed by atoms with Crippen LogP contribution in [0.25, 0.3) is 0 Å². The second kappa shape index (κ2) is 6.97. The van der Waals surface area contributed by atoms with Crippen LogP contribution in [0.3, 0.4) is 0 Å². The first kappa shape index (κ1) is 15.8. The third kappa shape index (κ3) is 4.20. The van der Waals surface area contributed by atoms with Crippen molar-refractivity contribution in [1.82, 2.24) is 5.32 Å². The molecule has 1 N–H and O–H groups in total. The van der Waals surface area contributed by atoms with Crippen molar-refractivity contribution in [2.45, 2.75) is 25.3 Å². The number of amides is 1. The number of halogens is 1. The van der Waals surface area contributed by atoms with Crippen molar-refractivity contribution < 1.29 is 9.59 Å². The lowest BCUT2D eigenvalue weighted by Gasteiger charge is -2.18. The minimum atomic E-state index is -0.489. The van der Waals surface area contributed by atoms with Gasteiger partial charge in [0.25, 0.3) is 5.91 Å². The summed E-state index contributed by atoms with van der Waals surface area (Å²) in [7, 11) is 0. The quantitative estimate of drug-likeness (QED) is 0.880. The highest BCUT2D eigenvalue weighted by Crippen LogP contribution is 2.31. The Bertz CT molecular complexity index is 693. The normalized spacial score (nSPS) is 15.0. The molecule has 1 saturated carbocycles. The number of rotatable bonds is 6. The Hall–Kier alpha value is -2.13. The Morgan fingerprint density at radius 1 is 1.04 bits per heavy atom. The predicted octanol–water partition coefficient (Wildman–Crippen LogP) is 3.66. The van der Waals surface area contributed by atoms with E-state index in [9.17, 15) is 9.59 Å². The number of carbonyl (C=O) groups is 2. The Balaban J connectivity index is 1.74. The molecule has 0 spiro atoms. The van der Waals surface area contributed by atoms with Crippen molar-refractivity contribution in [2.24, 2.45) is 5.92 Å². The average Bonchev–Trinajstić information content (AvgIpc) is 3.41. The van der Waals surface area contributed by atoms with Crippen molar-refractivity contribution in [3.63, 3.8) is 0 Å². The van der Waals surface area contributed by atoms with Crippen molar-refractivity contribution in [3.8, 4) is 0 Å². The molecule has 2 aromatic carbocycles. The number of benzene rings is 2. The van der Waals surface area contributed by atoms with Gasteiger partial charge in [-0.25, -0.2) is 0 Å². The monoisotopic (exact) mass is 327 g/mol. The van der Waals surface area contributed by atoms with E-state index in [1.165, 1.54) is 0 Å². The molecule has 0 bridgehead atoms. The summed E-state index contributed by atoms with van der Waals surface area (Å²) in [5.41, 5.74) is 1.55. The molecule has 0 heterocycles. The van der Waals surface area contributed by atoms with Crippen LogP contribution in [0.1, 0.15) is 28.8 Å². The Labute approximate surface area is 140 Å². The van der Waals surface area contributed by atoms with E-state index in [1.54, 1.807) is 24.3 Å². The minimum Gasteiger partial charge on any atom is -0.342 e. The van der Waals surface area contributed by atoms with Crippen molar-refractivity contribution in [2.75, 3.05) is 0 Å².